The lowest BCUT2D eigenvalue weighted by molar-refractivity contribution is 0.258. The van der Waals surface area contributed by atoms with Crippen LogP contribution in [0, 0.1) is 0 Å². The van der Waals surface area contributed by atoms with E-state index >= 15 is 0 Å². The molecule has 1 fully saturated rings. The molecule has 0 saturated carbocycles. The average Bonchev–Trinajstić information content (AvgIpc) is 2.16. The van der Waals surface area contributed by atoms with E-state index in [4.69, 9.17) is 0 Å². The molecule has 0 aromatic heterocycles. The lowest BCUT2D eigenvalue weighted by atomic mass is 10.1. The van der Waals surface area contributed by atoms with Gasteiger partial charge in [0.05, 0.1) is 8.07 Å². The maximum atomic E-state index is 2.73. The Labute approximate surface area is 90.9 Å². The summed E-state index contributed by atoms with van der Waals surface area (Å²) >= 11 is 0. The molecule has 0 aromatic carbocycles. The number of rotatable bonds is 5. The number of hydrogen-bond acceptors (Lipinski definition) is 1. The second kappa shape index (κ2) is 5.91. The minimum absolute atomic E-state index is 0.886. The average molecular weight is 213 g/mol. The molecular weight excluding hydrogens is 186 g/mol. The second-order valence-corrected chi connectivity index (χ2v) is 10.7. The molecule has 0 amide bonds. The van der Waals surface area contributed by atoms with Gasteiger partial charge in [0.15, 0.2) is 0 Å². The van der Waals surface area contributed by atoms with Gasteiger partial charge in [-0.3, -0.25) is 0 Å². The van der Waals surface area contributed by atoms with Gasteiger partial charge in [-0.05, 0) is 32.1 Å². The summed E-state index contributed by atoms with van der Waals surface area (Å²) < 4.78 is 0. The van der Waals surface area contributed by atoms with E-state index in [9.17, 15) is 0 Å². The van der Waals surface area contributed by atoms with Crippen LogP contribution in [-0.2, 0) is 0 Å². The Morgan fingerprint density at radius 1 is 1.07 bits per heavy atom. The van der Waals surface area contributed by atoms with Crippen LogP contribution < -0.4 is 0 Å². The Morgan fingerprint density at radius 2 is 1.71 bits per heavy atom. The number of piperidine rings is 1. The first-order valence-corrected chi connectivity index (χ1v) is 9.78. The van der Waals surface area contributed by atoms with Crippen molar-refractivity contribution in [2.24, 2.45) is 0 Å². The summed E-state index contributed by atoms with van der Waals surface area (Å²) in [5, 5.41) is 0. The van der Waals surface area contributed by atoms with Crippen LogP contribution in [0.4, 0.5) is 0 Å². The molecule has 0 N–H and O–H groups in total. The van der Waals surface area contributed by atoms with Crippen LogP contribution in [-0.4, -0.2) is 32.2 Å². The Kier molecular flexibility index (Phi) is 5.17. The highest BCUT2D eigenvalue weighted by Crippen LogP contribution is 2.18. The quantitative estimate of drug-likeness (QED) is 0.632. The highest BCUT2D eigenvalue weighted by Gasteiger charge is 2.24. The maximum Gasteiger partial charge on any atom is 0.0629 e. The summed E-state index contributed by atoms with van der Waals surface area (Å²) in [6, 6.07) is 1.53. The lowest BCUT2D eigenvalue weighted by Crippen LogP contribution is -2.44. The number of unbranched alkanes of at least 4 members (excludes halogenated alkanes) is 1. The number of hydrogen-bond donors (Lipinski definition) is 0. The number of nitrogens with zero attached hydrogens (tertiary/aromatic N) is 1. The van der Waals surface area contributed by atoms with Gasteiger partial charge in [-0.2, -0.15) is 0 Å². The molecule has 0 atom stereocenters. The van der Waals surface area contributed by atoms with E-state index < -0.39 is 8.07 Å². The van der Waals surface area contributed by atoms with Crippen LogP contribution in [0.5, 0.6) is 0 Å². The summed E-state index contributed by atoms with van der Waals surface area (Å²) in [4.78, 5) is 2.73. The third kappa shape index (κ3) is 4.60. The standard InChI is InChI=1S/C12H27NSi/c1-4-5-11-14(2,3)12-13-9-7-6-8-10-13/h4-12H2,1-3H3. The van der Waals surface area contributed by atoms with Gasteiger partial charge in [-0.15, -0.1) is 0 Å². The molecule has 0 aliphatic carbocycles. The zero-order valence-corrected chi connectivity index (χ0v) is 11.3. The van der Waals surface area contributed by atoms with Gasteiger partial charge in [0.2, 0.25) is 0 Å². The minimum Gasteiger partial charge on any atom is -0.306 e. The summed E-state index contributed by atoms with van der Waals surface area (Å²) in [6.07, 6.45) is 8.63. The lowest BCUT2D eigenvalue weighted by Gasteiger charge is -2.33. The van der Waals surface area contributed by atoms with Crippen molar-refractivity contribution in [3.8, 4) is 0 Å². The van der Waals surface area contributed by atoms with Crippen molar-refractivity contribution in [1.29, 1.82) is 0 Å². The van der Waals surface area contributed by atoms with E-state index in [-0.39, 0.29) is 0 Å². The summed E-state index contributed by atoms with van der Waals surface area (Å²) in [5.74, 6) is 0. The predicted molar refractivity (Wildman–Crippen MR) is 67.5 cm³/mol. The van der Waals surface area contributed by atoms with E-state index in [0.717, 1.165) is 0 Å². The van der Waals surface area contributed by atoms with Crippen molar-refractivity contribution in [3.63, 3.8) is 0 Å². The van der Waals surface area contributed by atoms with E-state index in [0.29, 0.717) is 0 Å². The normalized spacial score (nSPS) is 19.9. The summed E-state index contributed by atoms with van der Waals surface area (Å²) in [5.41, 5.74) is 0. The van der Waals surface area contributed by atoms with Crippen LogP contribution >= 0.6 is 0 Å². The monoisotopic (exact) mass is 213 g/mol. The molecular formula is C12H27NSi. The third-order valence-electron chi connectivity index (χ3n) is 3.31. The van der Waals surface area contributed by atoms with Crippen molar-refractivity contribution in [2.45, 2.75) is 58.2 Å². The van der Waals surface area contributed by atoms with Crippen molar-refractivity contribution in [2.75, 3.05) is 19.3 Å². The molecule has 0 bridgehead atoms. The summed E-state index contributed by atoms with van der Waals surface area (Å²) in [6.45, 7) is 10.2. The SMILES string of the molecule is CCCC[Si](C)(C)CN1CCCCC1. The van der Waals surface area contributed by atoms with E-state index in [2.05, 4.69) is 24.9 Å². The molecule has 0 unspecified atom stereocenters. The van der Waals surface area contributed by atoms with E-state index in [1.165, 1.54) is 57.4 Å². The maximum absolute atomic E-state index is 2.73. The highest BCUT2D eigenvalue weighted by atomic mass is 28.3. The highest BCUT2D eigenvalue weighted by molar-refractivity contribution is 6.77. The second-order valence-electron chi connectivity index (χ2n) is 5.60. The van der Waals surface area contributed by atoms with E-state index in [1.807, 2.05) is 0 Å². The van der Waals surface area contributed by atoms with Gasteiger partial charge in [-0.1, -0.05) is 45.3 Å². The van der Waals surface area contributed by atoms with Gasteiger partial charge < -0.3 is 4.90 Å². The molecule has 2 heteroatoms. The van der Waals surface area contributed by atoms with Crippen molar-refractivity contribution in [3.05, 3.63) is 0 Å². The summed E-state index contributed by atoms with van der Waals surface area (Å²) in [7, 11) is -0.886. The van der Waals surface area contributed by atoms with Crippen LogP contribution in [0.2, 0.25) is 19.1 Å². The molecule has 1 aliphatic rings. The van der Waals surface area contributed by atoms with Crippen LogP contribution in [0.1, 0.15) is 39.0 Å². The number of likely N-dealkylation sites (tertiary alicyclic amines) is 1. The van der Waals surface area contributed by atoms with Crippen molar-refractivity contribution in [1.82, 2.24) is 4.90 Å². The Bertz CT molecular complexity index is 150. The first-order valence-electron chi connectivity index (χ1n) is 6.36. The molecule has 1 heterocycles. The molecule has 1 nitrogen and oxygen atoms in total. The van der Waals surface area contributed by atoms with Gasteiger partial charge in [0.1, 0.15) is 0 Å². The minimum atomic E-state index is -0.886. The third-order valence-corrected chi connectivity index (χ3v) is 6.32. The first-order chi connectivity index (χ1) is 6.64. The van der Waals surface area contributed by atoms with E-state index in [1.54, 1.807) is 0 Å². The zero-order valence-electron chi connectivity index (χ0n) is 10.3. The van der Waals surface area contributed by atoms with Gasteiger partial charge in [0, 0.05) is 0 Å². The molecule has 0 radical (unpaired) electrons. The Balaban J connectivity index is 2.25. The Hall–Kier alpha value is 0.177. The van der Waals surface area contributed by atoms with Gasteiger partial charge in [-0.25, -0.2) is 0 Å². The molecule has 0 spiro atoms. The first kappa shape index (κ1) is 12.2. The molecule has 1 rings (SSSR count). The molecule has 1 saturated heterocycles. The van der Waals surface area contributed by atoms with Crippen LogP contribution in [0.25, 0.3) is 0 Å². The van der Waals surface area contributed by atoms with Gasteiger partial charge >= 0.3 is 0 Å². The molecule has 84 valence electrons. The smallest absolute Gasteiger partial charge is 0.0629 e. The topological polar surface area (TPSA) is 3.24 Å². The van der Waals surface area contributed by atoms with Crippen LogP contribution in [0.3, 0.4) is 0 Å². The fraction of sp³-hybridized carbons (Fsp3) is 1.00. The fourth-order valence-corrected chi connectivity index (χ4v) is 5.45. The largest absolute Gasteiger partial charge is 0.306 e. The van der Waals surface area contributed by atoms with Crippen molar-refractivity contribution >= 4 is 8.07 Å². The van der Waals surface area contributed by atoms with Crippen molar-refractivity contribution < 1.29 is 0 Å². The zero-order chi connectivity index (χ0) is 10.4. The molecule has 14 heavy (non-hydrogen) atoms. The van der Waals surface area contributed by atoms with Gasteiger partial charge in [0.25, 0.3) is 0 Å². The Morgan fingerprint density at radius 3 is 2.29 bits per heavy atom. The predicted octanol–water partition coefficient (Wildman–Crippen LogP) is 3.52. The fourth-order valence-electron chi connectivity index (χ4n) is 2.46. The molecule has 1 aliphatic heterocycles. The van der Waals surface area contributed by atoms with Crippen LogP contribution in [0.15, 0.2) is 0 Å². The molecule has 0 aromatic rings.